The normalized spacial score (nSPS) is 16.8. The van der Waals surface area contributed by atoms with Gasteiger partial charge < -0.3 is 19.9 Å². The molecular formula is C25H29N7O. The third-order valence-corrected chi connectivity index (χ3v) is 6.41. The predicted molar refractivity (Wildman–Crippen MR) is 128 cm³/mol. The minimum atomic E-state index is -0.361. The molecule has 0 aliphatic heterocycles. The van der Waals surface area contributed by atoms with Crippen molar-refractivity contribution in [2.45, 2.75) is 57.9 Å². The zero-order valence-electron chi connectivity index (χ0n) is 18.9. The number of benzene rings is 1. The molecule has 2 N–H and O–H groups in total. The summed E-state index contributed by atoms with van der Waals surface area (Å²) in [6.45, 7) is 1.89. The number of carbonyl (C=O) groups excluding carboxylic acids is 1. The van der Waals surface area contributed by atoms with Gasteiger partial charge in [0.25, 0.3) is 0 Å². The Labute approximate surface area is 193 Å². The first-order chi connectivity index (χ1) is 16.1. The van der Waals surface area contributed by atoms with Crippen LogP contribution in [0, 0.1) is 11.3 Å². The molecule has 1 fully saturated rings. The van der Waals surface area contributed by atoms with Gasteiger partial charge in [0.15, 0.2) is 5.82 Å². The molecule has 0 spiro atoms. The molecule has 1 saturated carbocycles. The van der Waals surface area contributed by atoms with Gasteiger partial charge >= 0.3 is 0 Å². The van der Waals surface area contributed by atoms with Crippen LogP contribution in [0.3, 0.4) is 0 Å². The van der Waals surface area contributed by atoms with Gasteiger partial charge in [-0.1, -0.05) is 25.1 Å². The summed E-state index contributed by atoms with van der Waals surface area (Å²) < 4.78 is 4.19. The van der Waals surface area contributed by atoms with Crippen molar-refractivity contribution in [2.75, 3.05) is 5.32 Å². The SMILES string of the molecule is CC(C=C(CC=N)n1cnc2c1CCCC2)C(=O)Nc1cccc(-c2nncn2C2CC2)c1. The van der Waals surface area contributed by atoms with E-state index in [0.29, 0.717) is 12.5 Å². The van der Waals surface area contributed by atoms with E-state index in [1.165, 1.54) is 18.3 Å². The maximum atomic E-state index is 13.0. The number of fused-ring (bicyclic) bond motifs is 1. The quantitative estimate of drug-likeness (QED) is 0.500. The lowest BCUT2D eigenvalue weighted by atomic mass is 10.0. The lowest BCUT2D eigenvalue weighted by Crippen LogP contribution is -2.20. The number of nitrogens with zero attached hydrogens (tertiary/aromatic N) is 5. The number of carbonyl (C=O) groups is 1. The number of nitrogens with one attached hydrogen (secondary N) is 2. The Morgan fingerprint density at radius 2 is 2.12 bits per heavy atom. The number of hydrogen-bond acceptors (Lipinski definition) is 5. The lowest BCUT2D eigenvalue weighted by molar-refractivity contribution is -0.118. The molecule has 0 bridgehead atoms. The number of aromatic nitrogens is 5. The highest BCUT2D eigenvalue weighted by Crippen LogP contribution is 2.37. The average molecular weight is 444 g/mol. The van der Waals surface area contributed by atoms with Gasteiger partial charge in [-0.05, 0) is 50.7 Å². The molecule has 0 saturated heterocycles. The van der Waals surface area contributed by atoms with Gasteiger partial charge in [0.1, 0.15) is 6.33 Å². The number of amides is 1. The van der Waals surface area contributed by atoms with E-state index >= 15 is 0 Å². The maximum absolute atomic E-state index is 13.0. The van der Waals surface area contributed by atoms with E-state index in [1.54, 1.807) is 6.33 Å². The first-order valence-corrected chi connectivity index (χ1v) is 11.7. The average Bonchev–Trinajstić information content (AvgIpc) is 3.39. The number of hydrogen-bond donors (Lipinski definition) is 2. The summed E-state index contributed by atoms with van der Waals surface area (Å²) in [5, 5.41) is 19.0. The predicted octanol–water partition coefficient (Wildman–Crippen LogP) is 4.51. The summed E-state index contributed by atoms with van der Waals surface area (Å²) in [6.07, 6.45) is 14.0. The Balaban J connectivity index is 1.34. The van der Waals surface area contributed by atoms with E-state index in [2.05, 4.69) is 29.6 Å². The Hall–Kier alpha value is -3.55. The van der Waals surface area contributed by atoms with Crippen LogP contribution >= 0.6 is 0 Å². The highest BCUT2D eigenvalue weighted by molar-refractivity contribution is 5.94. The minimum Gasteiger partial charge on any atom is -0.326 e. The van der Waals surface area contributed by atoms with Crippen LogP contribution in [0.15, 0.2) is 43.0 Å². The number of imidazole rings is 1. The highest BCUT2D eigenvalue weighted by Gasteiger charge is 2.26. The van der Waals surface area contributed by atoms with Gasteiger partial charge in [0.2, 0.25) is 5.91 Å². The Morgan fingerprint density at radius 3 is 2.94 bits per heavy atom. The molecule has 8 heteroatoms. The number of aryl methyl sites for hydroxylation is 1. The molecule has 2 aliphatic rings. The molecule has 8 nitrogen and oxygen atoms in total. The molecule has 2 heterocycles. The van der Waals surface area contributed by atoms with E-state index in [9.17, 15) is 4.79 Å². The fourth-order valence-electron chi connectivity index (χ4n) is 4.49. The van der Waals surface area contributed by atoms with Gasteiger partial charge in [-0.15, -0.1) is 10.2 Å². The van der Waals surface area contributed by atoms with E-state index < -0.39 is 0 Å². The van der Waals surface area contributed by atoms with Crippen molar-refractivity contribution in [3.05, 3.63) is 54.4 Å². The van der Waals surface area contributed by atoms with Gasteiger partial charge in [0, 0.05) is 41.3 Å². The monoisotopic (exact) mass is 443 g/mol. The molecule has 1 unspecified atom stereocenters. The highest BCUT2D eigenvalue weighted by atomic mass is 16.1. The molecule has 170 valence electrons. The van der Waals surface area contributed by atoms with Crippen LogP contribution in [0.5, 0.6) is 0 Å². The summed E-state index contributed by atoms with van der Waals surface area (Å²) in [5.74, 6) is 0.382. The van der Waals surface area contributed by atoms with E-state index in [4.69, 9.17) is 5.41 Å². The molecular weight excluding hydrogens is 414 g/mol. The summed E-state index contributed by atoms with van der Waals surface area (Å²) in [7, 11) is 0. The molecule has 2 aromatic heterocycles. The fourth-order valence-corrected chi connectivity index (χ4v) is 4.49. The molecule has 0 radical (unpaired) electrons. The van der Waals surface area contributed by atoms with Gasteiger partial charge in [-0.25, -0.2) is 4.98 Å². The van der Waals surface area contributed by atoms with E-state index in [0.717, 1.165) is 60.6 Å². The van der Waals surface area contributed by atoms with Crippen LogP contribution in [-0.4, -0.2) is 36.4 Å². The maximum Gasteiger partial charge on any atom is 0.231 e. The first-order valence-electron chi connectivity index (χ1n) is 11.7. The smallest absolute Gasteiger partial charge is 0.231 e. The first kappa shape index (κ1) is 21.3. The molecule has 33 heavy (non-hydrogen) atoms. The van der Waals surface area contributed by atoms with Crippen LogP contribution in [0.25, 0.3) is 17.1 Å². The van der Waals surface area contributed by atoms with E-state index in [-0.39, 0.29) is 11.8 Å². The van der Waals surface area contributed by atoms with E-state index in [1.807, 2.05) is 43.6 Å². The van der Waals surface area contributed by atoms with Crippen LogP contribution in [0.2, 0.25) is 0 Å². The zero-order valence-corrected chi connectivity index (χ0v) is 18.9. The summed E-state index contributed by atoms with van der Waals surface area (Å²) in [4.78, 5) is 17.6. The van der Waals surface area contributed by atoms with Crippen molar-refractivity contribution < 1.29 is 4.79 Å². The third kappa shape index (κ3) is 4.51. The van der Waals surface area contributed by atoms with Crippen LogP contribution < -0.4 is 5.32 Å². The molecule has 1 aromatic carbocycles. The van der Waals surface area contributed by atoms with Crippen molar-refractivity contribution in [1.82, 2.24) is 24.3 Å². The Bertz CT molecular complexity index is 1200. The standard InChI is InChI=1S/C25H29N7O/c1-17(13-21(11-12-26)31-15-27-22-7-2-3-8-23(22)31)25(33)29-19-6-4-5-18(14-19)24-30-28-16-32(24)20-9-10-20/h4-6,12-17,20,26H,2-3,7-11H2,1H3,(H,29,33). The second kappa shape index (κ2) is 9.13. The Kier molecular flexibility index (Phi) is 5.90. The molecule has 3 aromatic rings. The third-order valence-electron chi connectivity index (χ3n) is 6.41. The topological polar surface area (TPSA) is 101 Å². The minimum absolute atomic E-state index is 0.0905. The molecule has 5 rings (SSSR count). The second-order valence-electron chi connectivity index (χ2n) is 8.93. The van der Waals surface area contributed by atoms with Gasteiger partial charge in [0.05, 0.1) is 17.9 Å². The zero-order chi connectivity index (χ0) is 22.8. The summed E-state index contributed by atoms with van der Waals surface area (Å²) >= 11 is 0. The number of allylic oxidation sites excluding steroid dienone is 1. The van der Waals surface area contributed by atoms with Crippen LogP contribution in [-0.2, 0) is 17.6 Å². The van der Waals surface area contributed by atoms with Crippen molar-refractivity contribution in [3.63, 3.8) is 0 Å². The van der Waals surface area contributed by atoms with Crippen LogP contribution in [0.1, 0.15) is 56.5 Å². The number of anilines is 1. The van der Waals surface area contributed by atoms with Gasteiger partial charge in [-0.2, -0.15) is 0 Å². The van der Waals surface area contributed by atoms with Crippen molar-refractivity contribution in [3.8, 4) is 11.4 Å². The van der Waals surface area contributed by atoms with Crippen molar-refractivity contribution >= 4 is 23.5 Å². The largest absolute Gasteiger partial charge is 0.326 e. The molecule has 1 atom stereocenters. The van der Waals surface area contributed by atoms with Crippen LogP contribution in [0.4, 0.5) is 5.69 Å². The second-order valence-corrected chi connectivity index (χ2v) is 8.93. The van der Waals surface area contributed by atoms with Gasteiger partial charge in [-0.3, -0.25) is 4.79 Å². The van der Waals surface area contributed by atoms with Crippen molar-refractivity contribution in [1.29, 1.82) is 5.41 Å². The fraction of sp³-hybridized carbons (Fsp3) is 0.400. The molecule has 1 amide bonds. The van der Waals surface area contributed by atoms with Crippen molar-refractivity contribution in [2.24, 2.45) is 5.92 Å². The Morgan fingerprint density at radius 1 is 1.27 bits per heavy atom. The lowest BCUT2D eigenvalue weighted by Gasteiger charge is -2.17. The number of rotatable bonds is 8. The summed E-state index contributed by atoms with van der Waals surface area (Å²) in [6, 6.07) is 8.24. The summed E-state index contributed by atoms with van der Waals surface area (Å²) in [5.41, 5.74) is 4.96. The molecule has 2 aliphatic carbocycles.